The first kappa shape index (κ1) is 13.0. The molecule has 0 amide bonds. The highest BCUT2D eigenvalue weighted by atomic mass is 79.9. The zero-order chi connectivity index (χ0) is 14.1. The normalized spacial score (nSPS) is 10.7. The maximum atomic E-state index is 5.87. The number of nitrogens with two attached hydrogens (primary N) is 1. The second-order valence-corrected chi connectivity index (χ2v) is 5.69. The number of hydrogen-bond acceptors (Lipinski definition) is 2. The highest BCUT2D eigenvalue weighted by Gasteiger charge is 2.06. The number of rotatable bonds is 2. The molecule has 20 heavy (non-hydrogen) atoms. The summed E-state index contributed by atoms with van der Waals surface area (Å²) < 4.78 is 1.10. The number of benzene rings is 3. The first-order chi connectivity index (χ1) is 9.65. The van der Waals surface area contributed by atoms with Gasteiger partial charge in [-0.3, -0.25) is 0 Å². The SMILES string of the molecule is Cc1ccc(N)cc1Nc1ccc(Br)c2ccccc12. The smallest absolute Gasteiger partial charge is 0.0464 e. The predicted octanol–water partition coefficient (Wildman–Crippen LogP) is 5.24. The van der Waals surface area contributed by atoms with Crippen LogP contribution >= 0.6 is 15.9 Å². The number of nitrogen functional groups attached to an aromatic ring is 1. The van der Waals surface area contributed by atoms with Gasteiger partial charge in [-0.1, -0.05) is 46.3 Å². The van der Waals surface area contributed by atoms with Crippen LogP contribution < -0.4 is 11.1 Å². The molecule has 3 heteroatoms. The van der Waals surface area contributed by atoms with Crippen LogP contribution in [0.3, 0.4) is 0 Å². The molecule has 0 fully saturated rings. The van der Waals surface area contributed by atoms with Gasteiger partial charge in [-0.25, -0.2) is 0 Å². The van der Waals surface area contributed by atoms with Gasteiger partial charge in [-0.05, 0) is 42.1 Å². The third kappa shape index (κ3) is 2.37. The Morgan fingerprint density at radius 1 is 0.900 bits per heavy atom. The van der Waals surface area contributed by atoms with E-state index in [0.29, 0.717) is 0 Å². The Labute approximate surface area is 126 Å². The Hall–Kier alpha value is -2.00. The summed E-state index contributed by atoms with van der Waals surface area (Å²) >= 11 is 3.59. The van der Waals surface area contributed by atoms with E-state index < -0.39 is 0 Å². The molecule has 0 bridgehead atoms. The molecular formula is C17H15BrN2. The van der Waals surface area contributed by atoms with Gasteiger partial charge < -0.3 is 11.1 Å². The molecule has 0 atom stereocenters. The molecule has 3 rings (SSSR count). The van der Waals surface area contributed by atoms with Crippen LogP contribution in [-0.4, -0.2) is 0 Å². The largest absolute Gasteiger partial charge is 0.399 e. The van der Waals surface area contributed by atoms with Crippen molar-refractivity contribution in [1.29, 1.82) is 0 Å². The zero-order valence-corrected chi connectivity index (χ0v) is 12.7. The van der Waals surface area contributed by atoms with Crippen LogP contribution in [0.4, 0.5) is 17.1 Å². The molecule has 0 saturated carbocycles. The quantitative estimate of drug-likeness (QED) is 0.632. The highest BCUT2D eigenvalue weighted by molar-refractivity contribution is 9.10. The fourth-order valence-electron chi connectivity index (χ4n) is 2.29. The molecule has 0 heterocycles. The van der Waals surface area contributed by atoms with Gasteiger partial charge in [-0.2, -0.15) is 0 Å². The monoisotopic (exact) mass is 326 g/mol. The van der Waals surface area contributed by atoms with Gasteiger partial charge in [-0.15, -0.1) is 0 Å². The highest BCUT2D eigenvalue weighted by Crippen LogP contribution is 2.32. The molecule has 0 aliphatic heterocycles. The summed E-state index contributed by atoms with van der Waals surface area (Å²) in [4.78, 5) is 0. The van der Waals surface area contributed by atoms with Gasteiger partial charge in [0.05, 0.1) is 0 Å². The molecule has 3 aromatic rings. The minimum atomic E-state index is 0.763. The summed E-state index contributed by atoms with van der Waals surface area (Å²) in [5.41, 5.74) is 9.93. The van der Waals surface area contributed by atoms with Crippen LogP contribution in [-0.2, 0) is 0 Å². The molecule has 0 unspecified atom stereocenters. The number of aryl methyl sites for hydroxylation is 1. The molecule has 0 saturated heterocycles. The van der Waals surface area contributed by atoms with Crippen molar-refractivity contribution in [1.82, 2.24) is 0 Å². The third-order valence-corrected chi connectivity index (χ3v) is 4.09. The number of fused-ring (bicyclic) bond motifs is 1. The molecule has 3 N–H and O–H groups in total. The molecule has 3 aromatic carbocycles. The molecular weight excluding hydrogens is 312 g/mol. The fraction of sp³-hybridized carbons (Fsp3) is 0.0588. The Bertz CT molecular complexity index is 781. The lowest BCUT2D eigenvalue weighted by atomic mass is 10.1. The van der Waals surface area contributed by atoms with Gasteiger partial charge in [0, 0.05) is 26.9 Å². The van der Waals surface area contributed by atoms with E-state index >= 15 is 0 Å². The third-order valence-electron chi connectivity index (χ3n) is 3.40. The maximum absolute atomic E-state index is 5.87. The van der Waals surface area contributed by atoms with E-state index in [1.54, 1.807) is 0 Å². The molecule has 0 aliphatic rings. The van der Waals surface area contributed by atoms with Crippen molar-refractivity contribution < 1.29 is 0 Å². The summed E-state index contributed by atoms with van der Waals surface area (Å²) in [6, 6.07) is 18.4. The Morgan fingerprint density at radius 3 is 2.45 bits per heavy atom. The van der Waals surface area contributed by atoms with Crippen molar-refractivity contribution in [2.75, 3.05) is 11.1 Å². The van der Waals surface area contributed by atoms with E-state index in [0.717, 1.165) is 21.5 Å². The Morgan fingerprint density at radius 2 is 1.65 bits per heavy atom. The molecule has 100 valence electrons. The van der Waals surface area contributed by atoms with E-state index in [1.165, 1.54) is 16.3 Å². The van der Waals surface area contributed by atoms with Gasteiger partial charge in [0.15, 0.2) is 0 Å². The lowest BCUT2D eigenvalue weighted by Gasteiger charge is -2.13. The predicted molar refractivity (Wildman–Crippen MR) is 90.5 cm³/mol. The number of anilines is 3. The molecule has 0 spiro atoms. The zero-order valence-electron chi connectivity index (χ0n) is 11.2. The summed E-state index contributed by atoms with van der Waals surface area (Å²) in [7, 11) is 0. The van der Waals surface area contributed by atoms with Gasteiger partial charge >= 0.3 is 0 Å². The van der Waals surface area contributed by atoms with Gasteiger partial charge in [0.1, 0.15) is 0 Å². The van der Waals surface area contributed by atoms with E-state index in [9.17, 15) is 0 Å². The van der Waals surface area contributed by atoms with Gasteiger partial charge in [0.25, 0.3) is 0 Å². The van der Waals surface area contributed by atoms with E-state index in [1.807, 2.05) is 30.3 Å². The van der Waals surface area contributed by atoms with E-state index in [2.05, 4.69) is 52.4 Å². The van der Waals surface area contributed by atoms with Crippen LogP contribution in [0.2, 0.25) is 0 Å². The van der Waals surface area contributed by atoms with Crippen molar-refractivity contribution in [2.24, 2.45) is 0 Å². The van der Waals surface area contributed by atoms with Crippen molar-refractivity contribution >= 4 is 43.8 Å². The first-order valence-electron chi connectivity index (χ1n) is 6.45. The summed E-state index contributed by atoms with van der Waals surface area (Å²) in [5, 5.41) is 5.86. The summed E-state index contributed by atoms with van der Waals surface area (Å²) in [5.74, 6) is 0. The van der Waals surface area contributed by atoms with Crippen LogP contribution in [0.15, 0.2) is 59.1 Å². The number of hydrogen-bond donors (Lipinski definition) is 2. The maximum Gasteiger partial charge on any atom is 0.0464 e. The van der Waals surface area contributed by atoms with Crippen molar-refractivity contribution in [3.8, 4) is 0 Å². The number of halogens is 1. The van der Waals surface area contributed by atoms with Crippen molar-refractivity contribution in [2.45, 2.75) is 6.92 Å². The van der Waals surface area contributed by atoms with Crippen LogP contribution in [0.25, 0.3) is 10.8 Å². The lowest BCUT2D eigenvalue weighted by molar-refractivity contribution is 1.44. The van der Waals surface area contributed by atoms with Crippen LogP contribution in [0, 0.1) is 6.92 Å². The van der Waals surface area contributed by atoms with Gasteiger partial charge in [0.2, 0.25) is 0 Å². The average Bonchev–Trinajstić information content (AvgIpc) is 2.46. The average molecular weight is 327 g/mol. The van der Waals surface area contributed by atoms with Crippen LogP contribution in [0.5, 0.6) is 0 Å². The second kappa shape index (κ2) is 5.17. The Kier molecular flexibility index (Phi) is 3.36. The minimum absolute atomic E-state index is 0.763. The summed E-state index contributed by atoms with van der Waals surface area (Å²) in [6.07, 6.45) is 0. The Balaban J connectivity index is 2.11. The van der Waals surface area contributed by atoms with Crippen LogP contribution in [0.1, 0.15) is 5.56 Å². The molecule has 0 radical (unpaired) electrons. The summed E-state index contributed by atoms with van der Waals surface area (Å²) in [6.45, 7) is 2.07. The number of nitrogens with one attached hydrogen (secondary N) is 1. The molecule has 0 aromatic heterocycles. The first-order valence-corrected chi connectivity index (χ1v) is 7.25. The fourth-order valence-corrected chi connectivity index (χ4v) is 2.77. The van der Waals surface area contributed by atoms with Crippen molar-refractivity contribution in [3.63, 3.8) is 0 Å². The second-order valence-electron chi connectivity index (χ2n) is 4.84. The standard InChI is InChI=1S/C17H15BrN2/c1-11-6-7-12(19)10-17(11)20-16-9-8-15(18)13-4-2-3-5-14(13)16/h2-10,20H,19H2,1H3. The van der Waals surface area contributed by atoms with Crippen molar-refractivity contribution in [3.05, 3.63) is 64.6 Å². The van der Waals surface area contributed by atoms with E-state index in [-0.39, 0.29) is 0 Å². The molecule has 2 nitrogen and oxygen atoms in total. The lowest BCUT2D eigenvalue weighted by Crippen LogP contribution is -1.96. The minimum Gasteiger partial charge on any atom is -0.399 e. The van der Waals surface area contributed by atoms with E-state index in [4.69, 9.17) is 5.73 Å². The molecule has 0 aliphatic carbocycles. The topological polar surface area (TPSA) is 38.0 Å².